The summed E-state index contributed by atoms with van der Waals surface area (Å²) in [6.45, 7) is 1.70. The van der Waals surface area contributed by atoms with E-state index in [4.69, 9.17) is 4.74 Å². The Morgan fingerprint density at radius 1 is 1.37 bits per heavy atom. The number of nitrogens with one attached hydrogen (secondary N) is 1. The van der Waals surface area contributed by atoms with Gasteiger partial charge in [0.25, 0.3) is 0 Å². The Balaban J connectivity index is 1.85. The Labute approximate surface area is 116 Å². The van der Waals surface area contributed by atoms with Gasteiger partial charge in [0, 0.05) is 24.4 Å². The highest BCUT2D eigenvalue weighted by Crippen LogP contribution is 2.38. The molecule has 0 saturated heterocycles. The number of rotatable bonds is 4. The lowest BCUT2D eigenvalue weighted by atomic mass is 9.94. The fourth-order valence-electron chi connectivity index (χ4n) is 2.34. The van der Waals surface area contributed by atoms with Crippen LogP contribution in [0.2, 0.25) is 0 Å². The van der Waals surface area contributed by atoms with Gasteiger partial charge in [-0.15, -0.1) is 21.5 Å². The summed E-state index contributed by atoms with van der Waals surface area (Å²) in [6.07, 6.45) is 1.93. The molecule has 0 amide bonds. The zero-order valence-electron chi connectivity index (χ0n) is 10.9. The Morgan fingerprint density at radius 2 is 2.26 bits per heavy atom. The van der Waals surface area contributed by atoms with Gasteiger partial charge in [-0.05, 0) is 19.5 Å². The standard InChI is InChI=1S/C14H17N3OS/c1-15-8-6-13-16-17-14(19-13)11-7-9-18-12-5-3-2-4-10(11)12/h2-5,11,15H,6-9H2,1H3. The molecule has 1 aliphatic heterocycles. The molecular formula is C14H17N3OS. The van der Waals surface area contributed by atoms with Crippen LogP contribution in [0.15, 0.2) is 24.3 Å². The molecule has 5 heteroatoms. The van der Waals surface area contributed by atoms with Crippen LogP contribution in [0, 0.1) is 0 Å². The van der Waals surface area contributed by atoms with Crippen LogP contribution in [0.5, 0.6) is 5.75 Å². The minimum absolute atomic E-state index is 0.339. The molecule has 1 N–H and O–H groups in total. The van der Waals surface area contributed by atoms with Gasteiger partial charge in [-0.1, -0.05) is 18.2 Å². The van der Waals surface area contributed by atoms with Crippen LogP contribution in [0.25, 0.3) is 0 Å². The maximum atomic E-state index is 5.69. The van der Waals surface area contributed by atoms with E-state index in [1.165, 1.54) is 5.56 Å². The Hall–Kier alpha value is -1.46. The number of benzene rings is 1. The van der Waals surface area contributed by atoms with E-state index in [9.17, 15) is 0 Å². The van der Waals surface area contributed by atoms with Gasteiger partial charge in [0.1, 0.15) is 15.8 Å². The Bertz CT molecular complexity index is 555. The van der Waals surface area contributed by atoms with Crippen molar-refractivity contribution in [3.8, 4) is 5.75 Å². The van der Waals surface area contributed by atoms with Crippen LogP contribution in [0.3, 0.4) is 0 Å². The number of hydrogen-bond acceptors (Lipinski definition) is 5. The summed E-state index contributed by atoms with van der Waals surface area (Å²) in [6, 6.07) is 8.24. The van der Waals surface area contributed by atoms with Crippen molar-refractivity contribution in [2.75, 3.05) is 20.2 Å². The highest BCUT2D eigenvalue weighted by Gasteiger charge is 2.25. The molecule has 1 aromatic carbocycles. The van der Waals surface area contributed by atoms with Crippen LogP contribution in [0.1, 0.15) is 27.9 Å². The van der Waals surface area contributed by atoms with Crippen molar-refractivity contribution >= 4 is 11.3 Å². The number of aromatic nitrogens is 2. The summed E-state index contributed by atoms with van der Waals surface area (Å²) >= 11 is 1.73. The zero-order valence-corrected chi connectivity index (χ0v) is 11.7. The number of likely N-dealkylation sites (N-methyl/N-ethyl adjacent to an activating group) is 1. The molecular weight excluding hydrogens is 258 g/mol. The van der Waals surface area contributed by atoms with Gasteiger partial charge in [0.15, 0.2) is 0 Å². The van der Waals surface area contributed by atoms with Gasteiger partial charge in [-0.3, -0.25) is 0 Å². The highest BCUT2D eigenvalue weighted by molar-refractivity contribution is 7.11. The first-order valence-corrected chi connectivity index (χ1v) is 7.38. The fourth-order valence-corrected chi connectivity index (χ4v) is 3.33. The number of nitrogens with zero attached hydrogens (tertiary/aromatic N) is 2. The zero-order chi connectivity index (χ0) is 13.1. The van der Waals surface area contributed by atoms with Crippen LogP contribution >= 0.6 is 11.3 Å². The normalized spacial score (nSPS) is 17.8. The summed E-state index contributed by atoms with van der Waals surface area (Å²) in [5.74, 6) is 1.33. The maximum Gasteiger partial charge on any atom is 0.125 e. The molecule has 0 spiro atoms. The molecule has 1 atom stereocenters. The third kappa shape index (κ3) is 2.62. The summed E-state index contributed by atoms with van der Waals surface area (Å²) in [5, 5.41) is 14.0. The van der Waals surface area contributed by atoms with E-state index in [0.29, 0.717) is 5.92 Å². The van der Waals surface area contributed by atoms with E-state index in [-0.39, 0.29) is 0 Å². The van der Waals surface area contributed by atoms with Gasteiger partial charge in [0.2, 0.25) is 0 Å². The molecule has 0 aliphatic carbocycles. The van der Waals surface area contributed by atoms with Crippen LogP contribution in [0.4, 0.5) is 0 Å². The number of para-hydroxylation sites is 1. The largest absolute Gasteiger partial charge is 0.493 e. The molecule has 100 valence electrons. The lowest BCUT2D eigenvalue weighted by molar-refractivity contribution is 0.276. The summed E-state index contributed by atoms with van der Waals surface area (Å²) in [5.41, 5.74) is 1.24. The molecule has 4 nitrogen and oxygen atoms in total. The lowest BCUT2D eigenvalue weighted by Gasteiger charge is -2.23. The van der Waals surface area contributed by atoms with Crippen LogP contribution < -0.4 is 10.1 Å². The van der Waals surface area contributed by atoms with E-state index >= 15 is 0 Å². The average molecular weight is 275 g/mol. The van der Waals surface area contributed by atoms with Gasteiger partial charge in [-0.2, -0.15) is 0 Å². The van der Waals surface area contributed by atoms with E-state index in [2.05, 4.69) is 27.6 Å². The smallest absolute Gasteiger partial charge is 0.125 e. The van der Waals surface area contributed by atoms with Gasteiger partial charge in [0.05, 0.1) is 6.61 Å². The van der Waals surface area contributed by atoms with Crippen molar-refractivity contribution in [1.29, 1.82) is 0 Å². The second kappa shape index (κ2) is 5.67. The first kappa shape index (κ1) is 12.6. The van der Waals surface area contributed by atoms with Gasteiger partial charge in [-0.25, -0.2) is 0 Å². The quantitative estimate of drug-likeness (QED) is 0.929. The molecule has 0 bridgehead atoms. The summed E-state index contributed by atoms with van der Waals surface area (Å²) < 4.78 is 5.69. The van der Waals surface area contributed by atoms with Crippen LogP contribution in [-0.4, -0.2) is 30.4 Å². The lowest BCUT2D eigenvalue weighted by Crippen LogP contribution is -2.14. The molecule has 1 unspecified atom stereocenters. The van der Waals surface area contributed by atoms with Gasteiger partial charge < -0.3 is 10.1 Å². The first-order chi connectivity index (χ1) is 9.38. The average Bonchev–Trinajstić information content (AvgIpc) is 2.93. The molecule has 19 heavy (non-hydrogen) atoms. The number of hydrogen-bond donors (Lipinski definition) is 1. The second-order valence-corrected chi connectivity index (χ2v) is 5.71. The van der Waals surface area contributed by atoms with E-state index in [0.717, 1.165) is 41.8 Å². The first-order valence-electron chi connectivity index (χ1n) is 6.57. The maximum absolute atomic E-state index is 5.69. The topological polar surface area (TPSA) is 47.0 Å². The SMILES string of the molecule is CNCCc1nnc(C2CCOc3ccccc32)s1. The molecule has 0 radical (unpaired) electrons. The third-order valence-electron chi connectivity index (χ3n) is 3.33. The minimum Gasteiger partial charge on any atom is -0.493 e. The third-order valence-corrected chi connectivity index (χ3v) is 4.42. The molecule has 1 aromatic heterocycles. The monoisotopic (exact) mass is 275 g/mol. The second-order valence-electron chi connectivity index (χ2n) is 4.62. The van der Waals surface area contributed by atoms with Crippen molar-refractivity contribution in [2.24, 2.45) is 0 Å². The van der Waals surface area contributed by atoms with Crippen LogP contribution in [-0.2, 0) is 6.42 Å². The summed E-state index contributed by atoms with van der Waals surface area (Å²) in [4.78, 5) is 0. The molecule has 0 fully saturated rings. The van der Waals surface area contributed by atoms with E-state index in [1.807, 2.05) is 19.2 Å². The molecule has 1 aliphatic rings. The molecule has 0 saturated carbocycles. The predicted octanol–water partition coefficient (Wildman–Crippen LogP) is 2.21. The van der Waals surface area contributed by atoms with Crippen molar-refractivity contribution < 1.29 is 4.74 Å². The summed E-state index contributed by atoms with van der Waals surface area (Å²) in [7, 11) is 1.96. The van der Waals surface area contributed by atoms with Crippen molar-refractivity contribution in [1.82, 2.24) is 15.5 Å². The molecule has 2 aromatic rings. The van der Waals surface area contributed by atoms with E-state index in [1.54, 1.807) is 11.3 Å². The highest BCUT2D eigenvalue weighted by atomic mass is 32.1. The van der Waals surface area contributed by atoms with Crippen molar-refractivity contribution in [3.05, 3.63) is 39.8 Å². The van der Waals surface area contributed by atoms with Gasteiger partial charge >= 0.3 is 0 Å². The van der Waals surface area contributed by atoms with Crippen molar-refractivity contribution in [2.45, 2.75) is 18.8 Å². The Morgan fingerprint density at radius 3 is 3.16 bits per heavy atom. The minimum atomic E-state index is 0.339. The Kier molecular flexibility index (Phi) is 3.75. The predicted molar refractivity (Wildman–Crippen MR) is 75.9 cm³/mol. The van der Waals surface area contributed by atoms with Crippen molar-refractivity contribution in [3.63, 3.8) is 0 Å². The number of ether oxygens (including phenoxy) is 1. The molecule has 2 heterocycles. The fraction of sp³-hybridized carbons (Fsp3) is 0.429. The van der Waals surface area contributed by atoms with E-state index < -0.39 is 0 Å². The number of fused-ring (bicyclic) bond motifs is 1. The molecule has 3 rings (SSSR count).